The predicted octanol–water partition coefficient (Wildman–Crippen LogP) is 5.72. The van der Waals surface area contributed by atoms with Gasteiger partial charge in [-0.25, -0.2) is 0 Å². The van der Waals surface area contributed by atoms with E-state index in [9.17, 15) is 0 Å². The molecule has 1 atom stereocenters. The van der Waals surface area contributed by atoms with Crippen molar-refractivity contribution in [3.63, 3.8) is 0 Å². The van der Waals surface area contributed by atoms with E-state index in [1.54, 1.807) is 0 Å². The molecule has 2 aromatic carbocycles. The van der Waals surface area contributed by atoms with Gasteiger partial charge in [0.1, 0.15) is 7.05 Å². The lowest BCUT2D eigenvalue weighted by Crippen LogP contribution is -2.29. The van der Waals surface area contributed by atoms with Crippen LogP contribution in [-0.4, -0.2) is 17.3 Å². The smallest absolute Gasteiger partial charge is 0.198 e. The number of hydrogen-bond acceptors (Lipinski definition) is 0. The van der Waals surface area contributed by atoms with Crippen molar-refractivity contribution < 1.29 is 4.58 Å². The highest BCUT2D eigenvalue weighted by Gasteiger charge is 2.45. The topological polar surface area (TPSA) is 3.01 Å². The maximum absolute atomic E-state index is 3.97. The molecule has 0 amide bonds. The summed E-state index contributed by atoms with van der Waals surface area (Å²) in [6, 6.07) is 17.0. The molecule has 0 aliphatic carbocycles. The first-order valence-electron chi connectivity index (χ1n) is 7.81. The van der Waals surface area contributed by atoms with Gasteiger partial charge >= 0.3 is 0 Å². The summed E-state index contributed by atoms with van der Waals surface area (Å²) >= 11 is 3.61. The largest absolute Gasteiger partial charge is 0.209 e. The molecule has 3 rings (SSSR count). The van der Waals surface area contributed by atoms with Gasteiger partial charge in [0, 0.05) is 22.2 Å². The van der Waals surface area contributed by atoms with Crippen molar-refractivity contribution in [2.24, 2.45) is 0 Å². The molecular formula is C21H21BrN+. The Balaban J connectivity index is 2.09. The van der Waals surface area contributed by atoms with E-state index in [-0.39, 0.29) is 5.41 Å². The minimum absolute atomic E-state index is 0.0547. The monoisotopic (exact) mass is 366 g/mol. The Labute approximate surface area is 146 Å². The van der Waals surface area contributed by atoms with Gasteiger partial charge in [0.05, 0.1) is 5.41 Å². The van der Waals surface area contributed by atoms with Crippen LogP contribution in [-0.2, 0) is 5.41 Å². The number of fused-ring (bicyclic) bond motifs is 1. The van der Waals surface area contributed by atoms with Gasteiger partial charge in [-0.1, -0.05) is 52.3 Å². The summed E-state index contributed by atoms with van der Waals surface area (Å²) in [6.45, 7) is 6.27. The van der Waals surface area contributed by atoms with E-state index in [0.29, 0.717) is 0 Å². The van der Waals surface area contributed by atoms with Crippen molar-refractivity contribution in [2.75, 3.05) is 7.05 Å². The van der Waals surface area contributed by atoms with E-state index < -0.39 is 0 Å². The van der Waals surface area contributed by atoms with Gasteiger partial charge in [-0.05, 0) is 37.1 Å². The first-order valence-corrected chi connectivity index (χ1v) is 8.61. The molecule has 0 radical (unpaired) electrons. The first kappa shape index (κ1) is 15.9. The van der Waals surface area contributed by atoms with Crippen LogP contribution in [0.3, 0.4) is 0 Å². The van der Waals surface area contributed by atoms with Crippen LogP contribution in [0.4, 0.5) is 5.69 Å². The highest BCUT2D eigenvalue weighted by molar-refractivity contribution is 9.10. The highest BCUT2D eigenvalue weighted by atomic mass is 79.9. The molecule has 0 bridgehead atoms. The van der Waals surface area contributed by atoms with Crippen LogP contribution in [0.1, 0.15) is 24.5 Å². The molecule has 1 heterocycles. The fourth-order valence-corrected chi connectivity index (χ4v) is 3.78. The van der Waals surface area contributed by atoms with Crippen molar-refractivity contribution in [2.45, 2.75) is 18.8 Å². The second-order valence-corrected chi connectivity index (χ2v) is 7.09. The third-order valence-corrected chi connectivity index (χ3v) is 5.12. The Bertz CT molecular complexity index is 802. The van der Waals surface area contributed by atoms with Gasteiger partial charge in [0.25, 0.3) is 0 Å². The van der Waals surface area contributed by atoms with E-state index in [4.69, 9.17) is 0 Å². The van der Waals surface area contributed by atoms with Crippen molar-refractivity contribution in [1.82, 2.24) is 0 Å². The Morgan fingerprint density at radius 2 is 1.87 bits per heavy atom. The molecule has 116 valence electrons. The van der Waals surface area contributed by atoms with Crippen LogP contribution in [0.5, 0.6) is 0 Å². The summed E-state index contributed by atoms with van der Waals surface area (Å²) in [5, 5.41) is 0. The van der Waals surface area contributed by atoms with Crippen LogP contribution in [0.15, 0.2) is 71.7 Å². The maximum Gasteiger partial charge on any atom is 0.209 e. The van der Waals surface area contributed by atoms with Crippen molar-refractivity contribution in [3.05, 3.63) is 82.9 Å². The zero-order valence-electron chi connectivity index (χ0n) is 13.6. The predicted molar refractivity (Wildman–Crippen MR) is 103 cm³/mol. The number of nitrogens with zero attached hydrogens (tertiary/aromatic N) is 1. The molecule has 0 saturated heterocycles. The molecule has 23 heavy (non-hydrogen) atoms. The summed E-state index contributed by atoms with van der Waals surface area (Å²) < 4.78 is 3.42. The van der Waals surface area contributed by atoms with E-state index in [2.05, 4.69) is 95.7 Å². The summed E-state index contributed by atoms with van der Waals surface area (Å²) in [4.78, 5) is 0. The fourth-order valence-electron chi connectivity index (χ4n) is 3.42. The quantitative estimate of drug-likeness (QED) is 0.480. The Hall–Kier alpha value is -1.93. The van der Waals surface area contributed by atoms with Crippen molar-refractivity contribution in [1.29, 1.82) is 0 Å². The molecule has 1 aliphatic rings. The van der Waals surface area contributed by atoms with Crippen LogP contribution in [0.2, 0.25) is 0 Å². The normalized spacial score (nSPS) is 20.1. The molecule has 0 spiro atoms. The number of allylic oxidation sites excluding steroid dienone is 2. The third kappa shape index (κ3) is 2.84. The van der Waals surface area contributed by atoms with Gasteiger partial charge in [-0.3, -0.25) is 0 Å². The molecule has 1 aliphatic heterocycles. The van der Waals surface area contributed by atoms with Gasteiger partial charge in [-0.2, -0.15) is 4.58 Å². The maximum atomic E-state index is 3.97. The molecule has 0 saturated carbocycles. The molecule has 1 unspecified atom stereocenters. The molecule has 2 heteroatoms. The Morgan fingerprint density at radius 3 is 2.57 bits per heavy atom. The fraction of sp³-hybridized carbons (Fsp3) is 0.190. The molecule has 1 nitrogen and oxygen atoms in total. The summed E-state index contributed by atoms with van der Waals surface area (Å²) in [6.07, 6.45) is 7.36. The molecule has 2 aromatic rings. The minimum atomic E-state index is -0.0547. The second-order valence-electron chi connectivity index (χ2n) is 6.17. The number of benzene rings is 2. The van der Waals surface area contributed by atoms with Gasteiger partial charge in [0.2, 0.25) is 5.69 Å². The summed E-state index contributed by atoms with van der Waals surface area (Å²) in [7, 11) is 2.14. The molecule has 0 aromatic heterocycles. The number of halogens is 1. The third-order valence-electron chi connectivity index (χ3n) is 4.63. The Morgan fingerprint density at radius 1 is 1.13 bits per heavy atom. The summed E-state index contributed by atoms with van der Waals surface area (Å²) in [5.41, 5.74) is 5.08. The minimum Gasteiger partial charge on any atom is -0.198 e. The van der Waals surface area contributed by atoms with Crippen LogP contribution < -0.4 is 0 Å². The van der Waals surface area contributed by atoms with Crippen LogP contribution in [0, 0.1) is 0 Å². The van der Waals surface area contributed by atoms with Gasteiger partial charge < -0.3 is 0 Å². The number of hydrogen-bond donors (Lipinski definition) is 0. The van der Waals surface area contributed by atoms with E-state index in [1.807, 2.05) is 12.1 Å². The SMILES string of the molecule is C=CCC1(C)C(C=Cc2ccccc2)=[N+](C)c2ccc(Br)cc21. The summed E-state index contributed by atoms with van der Waals surface area (Å²) in [5.74, 6) is 0. The van der Waals surface area contributed by atoms with Crippen LogP contribution in [0.25, 0.3) is 6.08 Å². The average Bonchev–Trinajstić information content (AvgIpc) is 2.75. The van der Waals surface area contributed by atoms with E-state index in [0.717, 1.165) is 10.9 Å². The lowest BCUT2D eigenvalue weighted by Gasteiger charge is -2.20. The standard InChI is InChI=1S/C21H21BrN/c1-4-14-21(2)18-15-17(22)11-12-19(18)23(3)20(21)13-10-16-8-6-5-7-9-16/h4-13,15H,1,14H2,2-3H3/q+1. The highest BCUT2D eigenvalue weighted by Crippen LogP contribution is 2.43. The lowest BCUT2D eigenvalue weighted by atomic mass is 9.76. The van der Waals surface area contributed by atoms with E-state index >= 15 is 0 Å². The second kappa shape index (κ2) is 6.29. The average molecular weight is 367 g/mol. The lowest BCUT2D eigenvalue weighted by molar-refractivity contribution is -0.401. The van der Waals surface area contributed by atoms with Gasteiger partial charge in [0.15, 0.2) is 5.71 Å². The zero-order valence-corrected chi connectivity index (χ0v) is 15.2. The molecular weight excluding hydrogens is 346 g/mol. The van der Waals surface area contributed by atoms with Crippen molar-refractivity contribution in [3.8, 4) is 0 Å². The zero-order chi connectivity index (χ0) is 16.4. The number of rotatable bonds is 4. The van der Waals surface area contributed by atoms with Gasteiger partial charge in [-0.15, -0.1) is 6.58 Å². The first-order chi connectivity index (χ1) is 11.1. The molecule has 0 fully saturated rings. The van der Waals surface area contributed by atoms with Crippen LogP contribution >= 0.6 is 15.9 Å². The molecule has 0 N–H and O–H groups in total. The Kier molecular flexibility index (Phi) is 4.36. The van der Waals surface area contributed by atoms with Crippen molar-refractivity contribution >= 4 is 33.4 Å². The van der Waals surface area contributed by atoms with E-state index in [1.165, 1.54) is 22.5 Å².